The van der Waals surface area contributed by atoms with Gasteiger partial charge in [0.25, 0.3) is 0 Å². The minimum Gasteiger partial charge on any atom is -0.348 e. The van der Waals surface area contributed by atoms with E-state index in [1.807, 2.05) is 42.5 Å². The van der Waals surface area contributed by atoms with Crippen molar-refractivity contribution in [3.63, 3.8) is 0 Å². The van der Waals surface area contributed by atoms with Crippen LogP contribution in [0.15, 0.2) is 66.9 Å². The van der Waals surface area contributed by atoms with Crippen LogP contribution in [0, 0.1) is 11.3 Å². The van der Waals surface area contributed by atoms with E-state index in [1.165, 1.54) is 0 Å². The van der Waals surface area contributed by atoms with Gasteiger partial charge in [-0.1, -0.05) is 42.5 Å². The number of anilines is 1. The van der Waals surface area contributed by atoms with Crippen LogP contribution in [0.5, 0.6) is 0 Å². The third-order valence-corrected chi connectivity index (χ3v) is 4.53. The van der Waals surface area contributed by atoms with Crippen LogP contribution in [-0.2, 0) is 0 Å². The highest BCUT2D eigenvalue weighted by molar-refractivity contribution is 5.85. The zero-order valence-corrected chi connectivity index (χ0v) is 13.5. The fourth-order valence-corrected chi connectivity index (χ4v) is 3.31. The Balaban J connectivity index is 1.89. The van der Waals surface area contributed by atoms with Gasteiger partial charge in [0.2, 0.25) is 0 Å². The first-order chi connectivity index (χ1) is 11.8. The lowest BCUT2D eigenvalue weighted by atomic mass is 9.86. The van der Waals surface area contributed by atoms with E-state index in [-0.39, 0.29) is 5.92 Å². The Morgan fingerprint density at radius 2 is 1.83 bits per heavy atom. The average Bonchev–Trinajstić information content (AvgIpc) is 2.66. The number of fused-ring (bicyclic) bond motifs is 2. The molecule has 0 radical (unpaired) electrons. The van der Waals surface area contributed by atoms with E-state index in [4.69, 9.17) is 4.98 Å². The zero-order valence-electron chi connectivity index (χ0n) is 13.5. The van der Waals surface area contributed by atoms with Gasteiger partial charge in [0.05, 0.1) is 17.3 Å². The number of hydrogen-bond acceptors (Lipinski definition) is 3. The summed E-state index contributed by atoms with van der Waals surface area (Å²) in [5.41, 5.74) is 4.94. The Bertz CT molecular complexity index is 982. The fourth-order valence-electron chi connectivity index (χ4n) is 3.31. The van der Waals surface area contributed by atoms with Crippen LogP contribution in [0.25, 0.3) is 16.5 Å². The molecule has 3 nitrogen and oxygen atoms in total. The van der Waals surface area contributed by atoms with Crippen LogP contribution >= 0.6 is 0 Å². The highest BCUT2D eigenvalue weighted by Gasteiger charge is 2.28. The molecule has 3 heteroatoms. The van der Waals surface area contributed by atoms with Crippen molar-refractivity contribution in [2.45, 2.75) is 12.8 Å². The maximum atomic E-state index is 9.80. The highest BCUT2D eigenvalue weighted by atomic mass is 15.1. The molecule has 1 aliphatic heterocycles. The van der Waals surface area contributed by atoms with E-state index in [0.717, 1.165) is 40.0 Å². The maximum Gasteiger partial charge on any atom is 0.102 e. The number of rotatable bonds is 2. The van der Waals surface area contributed by atoms with Crippen LogP contribution in [0.3, 0.4) is 0 Å². The van der Waals surface area contributed by atoms with Gasteiger partial charge in [-0.2, -0.15) is 5.26 Å². The molecule has 2 aromatic carbocycles. The third-order valence-electron chi connectivity index (χ3n) is 4.53. The SMILES string of the molecule is CCN1C=C(c2ccc3ccccc3n2)[C@@H](C#N)c2ccccc21. The molecule has 2 heterocycles. The summed E-state index contributed by atoms with van der Waals surface area (Å²) in [5.74, 6) is -0.294. The Morgan fingerprint density at radius 1 is 1.04 bits per heavy atom. The van der Waals surface area contributed by atoms with Crippen LogP contribution in [-0.4, -0.2) is 11.5 Å². The molecule has 4 rings (SSSR count). The molecule has 0 aliphatic carbocycles. The normalized spacial score (nSPS) is 16.4. The number of hydrogen-bond donors (Lipinski definition) is 0. The van der Waals surface area contributed by atoms with Crippen molar-refractivity contribution in [3.05, 3.63) is 78.1 Å². The molecule has 0 amide bonds. The smallest absolute Gasteiger partial charge is 0.102 e. The van der Waals surface area contributed by atoms with Gasteiger partial charge in [-0.3, -0.25) is 0 Å². The van der Waals surface area contributed by atoms with Crippen molar-refractivity contribution in [1.29, 1.82) is 5.26 Å². The van der Waals surface area contributed by atoms with E-state index < -0.39 is 0 Å². The summed E-state index contributed by atoms with van der Waals surface area (Å²) in [6.07, 6.45) is 2.08. The molecule has 0 bridgehead atoms. The van der Waals surface area contributed by atoms with E-state index in [0.29, 0.717) is 0 Å². The van der Waals surface area contributed by atoms with Crippen molar-refractivity contribution in [1.82, 2.24) is 4.98 Å². The van der Waals surface area contributed by atoms with Gasteiger partial charge in [0.15, 0.2) is 0 Å². The monoisotopic (exact) mass is 311 g/mol. The number of aromatic nitrogens is 1. The van der Waals surface area contributed by atoms with Crippen molar-refractivity contribution in [3.8, 4) is 6.07 Å². The van der Waals surface area contributed by atoms with Gasteiger partial charge in [-0.05, 0) is 30.7 Å². The highest BCUT2D eigenvalue weighted by Crippen LogP contribution is 2.41. The second kappa shape index (κ2) is 5.82. The summed E-state index contributed by atoms with van der Waals surface area (Å²) < 4.78 is 0. The standard InChI is InChI=1S/C21H17N3/c1-2-24-14-18(17(13-22)16-8-4-6-10-21(16)24)20-12-11-15-7-3-5-9-19(15)23-20/h3-12,14,17H,2H2,1H3/t17-/m0/s1. The predicted octanol–water partition coefficient (Wildman–Crippen LogP) is 4.72. The molecule has 0 unspecified atom stereocenters. The number of allylic oxidation sites excluding steroid dienone is 1. The van der Waals surface area contributed by atoms with Crippen molar-refractivity contribution < 1.29 is 0 Å². The summed E-state index contributed by atoms with van der Waals surface area (Å²) in [6.45, 7) is 2.97. The molecule has 0 spiro atoms. The quantitative estimate of drug-likeness (QED) is 0.687. The number of pyridine rings is 1. The van der Waals surface area contributed by atoms with E-state index in [1.54, 1.807) is 0 Å². The Hall–Kier alpha value is -3.12. The summed E-state index contributed by atoms with van der Waals surface area (Å²) in [5, 5.41) is 10.9. The number of para-hydroxylation sites is 2. The van der Waals surface area contributed by atoms with Crippen LogP contribution in [0.2, 0.25) is 0 Å². The number of benzene rings is 2. The number of nitriles is 1. The third kappa shape index (κ3) is 2.24. The van der Waals surface area contributed by atoms with Gasteiger partial charge >= 0.3 is 0 Å². The van der Waals surface area contributed by atoms with Crippen molar-refractivity contribution in [2.24, 2.45) is 0 Å². The molecule has 0 saturated carbocycles. The van der Waals surface area contributed by atoms with Crippen LogP contribution < -0.4 is 4.90 Å². The Morgan fingerprint density at radius 3 is 2.67 bits per heavy atom. The summed E-state index contributed by atoms with van der Waals surface area (Å²) in [4.78, 5) is 6.98. The van der Waals surface area contributed by atoms with Crippen LogP contribution in [0.4, 0.5) is 5.69 Å². The lowest BCUT2D eigenvalue weighted by Gasteiger charge is -2.31. The van der Waals surface area contributed by atoms with Crippen molar-refractivity contribution >= 4 is 22.2 Å². The lowest BCUT2D eigenvalue weighted by Crippen LogP contribution is -2.23. The predicted molar refractivity (Wildman–Crippen MR) is 97.5 cm³/mol. The van der Waals surface area contributed by atoms with Gasteiger partial charge in [0.1, 0.15) is 5.92 Å². The molecule has 1 atom stereocenters. The van der Waals surface area contributed by atoms with Gasteiger partial charge in [-0.25, -0.2) is 4.98 Å². The van der Waals surface area contributed by atoms with E-state index >= 15 is 0 Å². The Labute approximate surface area is 141 Å². The topological polar surface area (TPSA) is 39.9 Å². The van der Waals surface area contributed by atoms with Gasteiger partial charge in [-0.15, -0.1) is 0 Å². The summed E-state index contributed by atoms with van der Waals surface area (Å²) >= 11 is 0. The molecule has 1 aliphatic rings. The fraction of sp³-hybridized carbons (Fsp3) is 0.143. The molecule has 0 fully saturated rings. The average molecular weight is 311 g/mol. The molecular weight excluding hydrogens is 294 g/mol. The largest absolute Gasteiger partial charge is 0.348 e. The second-order valence-corrected chi connectivity index (χ2v) is 5.88. The summed E-state index contributed by atoms with van der Waals surface area (Å²) in [7, 11) is 0. The minimum absolute atomic E-state index is 0.294. The minimum atomic E-state index is -0.294. The van der Waals surface area contributed by atoms with E-state index in [2.05, 4.69) is 42.3 Å². The van der Waals surface area contributed by atoms with Gasteiger partial charge < -0.3 is 4.90 Å². The molecule has 3 aromatic rings. The maximum absolute atomic E-state index is 9.80. The molecule has 116 valence electrons. The molecule has 24 heavy (non-hydrogen) atoms. The molecule has 0 saturated heterocycles. The Kier molecular flexibility index (Phi) is 3.51. The first-order valence-corrected chi connectivity index (χ1v) is 8.15. The number of nitrogens with zero attached hydrogens (tertiary/aromatic N) is 3. The first kappa shape index (κ1) is 14.5. The zero-order chi connectivity index (χ0) is 16.5. The van der Waals surface area contributed by atoms with Crippen LogP contribution in [0.1, 0.15) is 24.1 Å². The van der Waals surface area contributed by atoms with Gasteiger partial charge in [0, 0.05) is 29.4 Å². The molecular formula is C21H17N3. The van der Waals surface area contributed by atoms with E-state index in [9.17, 15) is 5.26 Å². The molecule has 0 N–H and O–H groups in total. The molecule has 1 aromatic heterocycles. The second-order valence-electron chi connectivity index (χ2n) is 5.88. The lowest BCUT2D eigenvalue weighted by molar-refractivity contribution is 0.947. The summed E-state index contributed by atoms with van der Waals surface area (Å²) in [6, 6.07) is 22.7. The first-order valence-electron chi connectivity index (χ1n) is 8.15. The van der Waals surface area contributed by atoms with Crippen molar-refractivity contribution in [2.75, 3.05) is 11.4 Å².